The van der Waals surface area contributed by atoms with Gasteiger partial charge >= 0.3 is 0 Å². The summed E-state index contributed by atoms with van der Waals surface area (Å²) >= 11 is 0. The van der Waals surface area contributed by atoms with Crippen LogP contribution in [0, 0.1) is 0 Å². The Kier molecular flexibility index (Phi) is 4.42. The maximum Gasteiger partial charge on any atom is 0.213 e. The minimum atomic E-state index is 0.413. The minimum Gasteiger partial charge on any atom is -0.372 e. The van der Waals surface area contributed by atoms with E-state index in [0.29, 0.717) is 25.1 Å². The molecule has 1 rings (SSSR count). The first-order valence-electron chi connectivity index (χ1n) is 4.35. The van der Waals surface area contributed by atoms with E-state index in [1.54, 1.807) is 0 Å². The van der Waals surface area contributed by atoms with Gasteiger partial charge in [0.15, 0.2) is 5.82 Å². The summed E-state index contributed by atoms with van der Waals surface area (Å²) in [6.07, 6.45) is 1.30. The average molecular weight is 185 g/mol. The Bertz CT molecular complexity index is 211. The molecule has 74 valence electrons. The lowest BCUT2D eigenvalue weighted by Crippen LogP contribution is -2.26. The molecule has 0 saturated heterocycles. The van der Waals surface area contributed by atoms with Crippen LogP contribution in [-0.2, 0) is 11.3 Å². The molecule has 1 N–H and O–H groups in total. The molecule has 0 fully saturated rings. The monoisotopic (exact) mass is 185 g/mol. The number of hydrogen-bond donors (Lipinski definition) is 1. The van der Waals surface area contributed by atoms with Crippen molar-refractivity contribution < 1.29 is 9.26 Å². The molecule has 5 nitrogen and oxygen atoms in total. The maximum absolute atomic E-state index is 5.28. The van der Waals surface area contributed by atoms with Crippen molar-refractivity contribution in [1.82, 2.24) is 15.5 Å². The van der Waals surface area contributed by atoms with Gasteiger partial charge in [0, 0.05) is 12.6 Å². The topological polar surface area (TPSA) is 60.2 Å². The third-order valence-electron chi connectivity index (χ3n) is 1.44. The lowest BCUT2D eigenvalue weighted by atomic mass is 10.4. The maximum atomic E-state index is 5.28. The highest BCUT2D eigenvalue weighted by Gasteiger charge is 1.97. The predicted octanol–water partition coefficient (Wildman–Crippen LogP) is 0.584. The molecule has 0 bridgehead atoms. The Hall–Kier alpha value is -0.940. The van der Waals surface area contributed by atoms with Crippen molar-refractivity contribution in [1.29, 1.82) is 0 Å². The fraction of sp³-hybridized carbons (Fsp3) is 0.750. The normalized spacial score (nSPS) is 11.0. The zero-order valence-corrected chi connectivity index (χ0v) is 7.99. The summed E-state index contributed by atoms with van der Waals surface area (Å²) in [5.74, 6) is 0.588. The lowest BCUT2D eigenvalue weighted by molar-refractivity contribution is 0.114. The first kappa shape index (κ1) is 10.1. The van der Waals surface area contributed by atoms with Crippen LogP contribution >= 0.6 is 0 Å². The van der Waals surface area contributed by atoms with Gasteiger partial charge in [0.25, 0.3) is 0 Å². The highest BCUT2D eigenvalue weighted by molar-refractivity contribution is 4.72. The van der Waals surface area contributed by atoms with Gasteiger partial charge in [0.2, 0.25) is 6.39 Å². The van der Waals surface area contributed by atoms with Crippen LogP contribution in [0.3, 0.4) is 0 Å². The molecule has 0 aromatic carbocycles. The van der Waals surface area contributed by atoms with Gasteiger partial charge < -0.3 is 14.6 Å². The molecule has 0 atom stereocenters. The molecule has 0 saturated carbocycles. The summed E-state index contributed by atoms with van der Waals surface area (Å²) in [5.41, 5.74) is 0. The summed E-state index contributed by atoms with van der Waals surface area (Å²) in [5, 5.41) is 6.85. The van der Waals surface area contributed by atoms with E-state index in [9.17, 15) is 0 Å². The van der Waals surface area contributed by atoms with Crippen LogP contribution in [0.15, 0.2) is 10.9 Å². The fourth-order valence-electron chi connectivity index (χ4n) is 0.839. The number of ether oxygens (including phenoxy) is 1. The zero-order valence-electron chi connectivity index (χ0n) is 7.99. The SMILES string of the molecule is CC(C)NCCOCc1ncon1. The van der Waals surface area contributed by atoms with Crippen LogP contribution in [0.2, 0.25) is 0 Å². The molecule has 0 radical (unpaired) electrons. The molecular weight excluding hydrogens is 170 g/mol. The van der Waals surface area contributed by atoms with Crippen molar-refractivity contribution >= 4 is 0 Å². The second-order valence-electron chi connectivity index (χ2n) is 3.01. The van der Waals surface area contributed by atoms with Crippen molar-refractivity contribution in [2.24, 2.45) is 0 Å². The third-order valence-corrected chi connectivity index (χ3v) is 1.44. The van der Waals surface area contributed by atoms with E-state index in [0.717, 1.165) is 6.54 Å². The van der Waals surface area contributed by atoms with Crippen LogP contribution < -0.4 is 5.32 Å². The van der Waals surface area contributed by atoms with Crippen LogP contribution in [-0.4, -0.2) is 29.3 Å². The molecule has 1 heterocycles. The molecular formula is C8H15N3O2. The van der Waals surface area contributed by atoms with Crippen LogP contribution in [0.25, 0.3) is 0 Å². The summed E-state index contributed by atoms with van der Waals surface area (Å²) in [6.45, 7) is 6.11. The Morgan fingerprint density at radius 1 is 1.62 bits per heavy atom. The third kappa shape index (κ3) is 4.59. The lowest BCUT2D eigenvalue weighted by Gasteiger charge is -2.06. The molecule has 1 aromatic rings. The molecule has 0 amide bonds. The summed E-state index contributed by atoms with van der Waals surface area (Å²) in [4.78, 5) is 3.83. The van der Waals surface area contributed by atoms with Gasteiger partial charge in [-0.1, -0.05) is 19.0 Å². The van der Waals surface area contributed by atoms with Crippen molar-refractivity contribution in [3.8, 4) is 0 Å². The van der Waals surface area contributed by atoms with Gasteiger partial charge in [-0.2, -0.15) is 4.98 Å². The van der Waals surface area contributed by atoms with Crippen LogP contribution in [0.5, 0.6) is 0 Å². The standard InChI is InChI=1S/C8H15N3O2/c1-7(2)9-3-4-12-5-8-10-6-13-11-8/h6-7,9H,3-5H2,1-2H3. The van der Waals surface area contributed by atoms with E-state index in [2.05, 4.69) is 33.8 Å². The number of nitrogens with one attached hydrogen (secondary N) is 1. The quantitative estimate of drug-likeness (QED) is 0.657. The second kappa shape index (κ2) is 5.66. The second-order valence-corrected chi connectivity index (χ2v) is 3.01. The molecule has 0 aliphatic carbocycles. The molecule has 0 aliphatic rings. The highest BCUT2D eigenvalue weighted by atomic mass is 16.5. The van der Waals surface area contributed by atoms with E-state index >= 15 is 0 Å². The Labute approximate surface area is 77.5 Å². The van der Waals surface area contributed by atoms with Gasteiger partial charge in [0.1, 0.15) is 6.61 Å². The van der Waals surface area contributed by atoms with Crippen molar-refractivity contribution in [2.45, 2.75) is 26.5 Å². The van der Waals surface area contributed by atoms with Crippen molar-refractivity contribution in [3.05, 3.63) is 12.2 Å². The summed E-state index contributed by atoms with van der Waals surface area (Å²) < 4.78 is 9.83. The van der Waals surface area contributed by atoms with E-state index in [1.807, 2.05) is 0 Å². The van der Waals surface area contributed by atoms with Gasteiger partial charge in [-0.15, -0.1) is 0 Å². The van der Waals surface area contributed by atoms with Crippen LogP contribution in [0.4, 0.5) is 0 Å². The first-order chi connectivity index (χ1) is 6.29. The Balaban J connectivity index is 1.96. The summed E-state index contributed by atoms with van der Waals surface area (Å²) in [7, 11) is 0. The minimum absolute atomic E-state index is 0.413. The van der Waals surface area contributed by atoms with Crippen molar-refractivity contribution in [2.75, 3.05) is 13.2 Å². The van der Waals surface area contributed by atoms with Gasteiger partial charge in [-0.05, 0) is 0 Å². The fourth-order valence-corrected chi connectivity index (χ4v) is 0.839. The Morgan fingerprint density at radius 3 is 3.08 bits per heavy atom. The summed E-state index contributed by atoms with van der Waals surface area (Å²) in [6, 6.07) is 0.494. The van der Waals surface area contributed by atoms with Gasteiger partial charge in [-0.3, -0.25) is 0 Å². The smallest absolute Gasteiger partial charge is 0.213 e. The van der Waals surface area contributed by atoms with Crippen molar-refractivity contribution in [3.63, 3.8) is 0 Å². The molecule has 1 aromatic heterocycles. The van der Waals surface area contributed by atoms with E-state index in [-0.39, 0.29) is 0 Å². The van der Waals surface area contributed by atoms with Gasteiger partial charge in [-0.25, -0.2) is 0 Å². The highest BCUT2D eigenvalue weighted by Crippen LogP contribution is 1.90. The number of hydrogen-bond acceptors (Lipinski definition) is 5. The van der Waals surface area contributed by atoms with E-state index in [4.69, 9.17) is 4.74 Å². The average Bonchev–Trinajstić information content (AvgIpc) is 2.55. The zero-order chi connectivity index (χ0) is 9.52. The number of nitrogens with zero attached hydrogens (tertiary/aromatic N) is 2. The molecule has 13 heavy (non-hydrogen) atoms. The molecule has 5 heteroatoms. The van der Waals surface area contributed by atoms with Gasteiger partial charge in [0.05, 0.1) is 6.61 Å². The predicted molar refractivity (Wildman–Crippen MR) is 47.1 cm³/mol. The largest absolute Gasteiger partial charge is 0.372 e. The number of rotatable bonds is 6. The van der Waals surface area contributed by atoms with E-state index in [1.165, 1.54) is 6.39 Å². The Morgan fingerprint density at radius 2 is 2.46 bits per heavy atom. The molecule has 0 unspecified atom stereocenters. The molecule has 0 aliphatic heterocycles. The number of aromatic nitrogens is 2. The molecule has 0 spiro atoms. The first-order valence-corrected chi connectivity index (χ1v) is 4.35. The van der Waals surface area contributed by atoms with Crippen LogP contribution in [0.1, 0.15) is 19.7 Å². The van der Waals surface area contributed by atoms with E-state index < -0.39 is 0 Å².